The highest BCUT2D eigenvalue weighted by Crippen LogP contribution is 2.34. The molecule has 5 heteroatoms. The van der Waals surface area contributed by atoms with Gasteiger partial charge in [0.15, 0.2) is 0 Å². The number of likely N-dealkylation sites (tertiary alicyclic amines) is 1. The van der Waals surface area contributed by atoms with Gasteiger partial charge in [0.2, 0.25) is 0 Å². The molecule has 0 bridgehead atoms. The molecule has 0 aromatic heterocycles. The second-order valence-corrected chi connectivity index (χ2v) is 6.22. The fourth-order valence-corrected chi connectivity index (χ4v) is 3.26. The van der Waals surface area contributed by atoms with E-state index >= 15 is 0 Å². The first-order chi connectivity index (χ1) is 11.0. The smallest absolute Gasteiger partial charge is 0.278 e. The van der Waals surface area contributed by atoms with Crippen LogP contribution in [0.15, 0.2) is 30.0 Å². The van der Waals surface area contributed by atoms with E-state index in [1.54, 1.807) is 7.11 Å². The van der Waals surface area contributed by atoms with Crippen LogP contribution in [0.2, 0.25) is 0 Å². The van der Waals surface area contributed by atoms with Crippen molar-refractivity contribution >= 4 is 17.4 Å². The Morgan fingerprint density at radius 1 is 1.00 bits per heavy atom. The first-order valence-corrected chi connectivity index (χ1v) is 8.06. The lowest BCUT2D eigenvalue weighted by Crippen LogP contribution is -2.39. The van der Waals surface area contributed by atoms with Gasteiger partial charge in [0.05, 0.1) is 12.7 Å². The van der Waals surface area contributed by atoms with Gasteiger partial charge in [-0.15, -0.1) is 0 Å². The fourth-order valence-electron chi connectivity index (χ4n) is 3.26. The van der Waals surface area contributed by atoms with Crippen molar-refractivity contribution in [2.45, 2.75) is 32.7 Å². The van der Waals surface area contributed by atoms with Crippen LogP contribution in [0.5, 0.6) is 5.75 Å². The monoisotopic (exact) mass is 314 g/mol. The van der Waals surface area contributed by atoms with E-state index in [-0.39, 0.29) is 17.9 Å². The molecule has 0 radical (unpaired) electrons. The number of carbonyl (C=O) groups excluding carboxylic acids is 2. The van der Waals surface area contributed by atoms with E-state index in [9.17, 15) is 9.59 Å². The summed E-state index contributed by atoms with van der Waals surface area (Å²) in [5.74, 6) is 0.365. The summed E-state index contributed by atoms with van der Waals surface area (Å²) < 4.78 is 5.18. The molecule has 1 aromatic rings. The molecule has 2 heterocycles. The molecular weight excluding hydrogens is 292 g/mol. The first-order valence-electron chi connectivity index (χ1n) is 8.06. The third kappa shape index (κ3) is 2.60. The van der Waals surface area contributed by atoms with Gasteiger partial charge in [-0.3, -0.25) is 14.5 Å². The van der Waals surface area contributed by atoms with Crippen LogP contribution in [0.4, 0.5) is 0 Å². The first kappa shape index (κ1) is 15.6. The molecule has 2 amide bonds. The summed E-state index contributed by atoms with van der Waals surface area (Å²) in [4.78, 5) is 29.1. The molecule has 2 aliphatic heterocycles. The number of hydrogen-bond donors (Lipinski definition) is 0. The summed E-state index contributed by atoms with van der Waals surface area (Å²) in [6.45, 7) is 5.41. The molecule has 0 atom stereocenters. The van der Waals surface area contributed by atoms with Crippen LogP contribution in [0.3, 0.4) is 0 Å². The largest absolute Gasteiger partial charge is 0.497 e. The quantitative estimate of drug-likeness (QED) is 0.800. The Bertz CT molecular complexity index is 655. The molecule has 0 saturated carbocycles. The average Bonchev–Trinajstić information content (AvgIpc) is 3.13. The summed E-state index contributed by atoms with van der Waals surface area (Å²) in [7, 11) is 1.61. The number of carbonyl (C=O) groups is 2. The Balaban J connectivity index is 2.09. The molecule has 5 nitrogen and oxygen atoms in total. The van der Waals surface area contributed by atoms with Crippen LogP contribution < -0.4 is 4.74 Å². The Hall–Kier alpha value is -2.30. The summed E-state index contributed by atoms with van der Waals surface area (Å²) in [5.41, 5.74) is 1.86. The van der Waals surface area contributed by atoms with Gasteiger partial charge in [-0.2, -0.15) is 0 Å². The van der Waals surface area contributed by atoms with Gasteiger partial charge in [-0.1, -0.05) is 12.1 Å². The molecule has 0 aliphatic carbocycles. The normalized spacial score (nSPS) is 18.6. The maximum absolute atomic E-state index is 12.9. The standard InChI is InChI=1S/C18H22N2O3/c1-12(2)20-17(21)15(13-6-8-14(23-3)9-7-13)16(18(20)22)19-10-4-5-11-19/h6-9,12H,4-5,10-11H2,1-3H3. The van der Waals surface area contributed by atoms with Crippen molar-refractivity contribution in [3.8, 4) is 5.75 Å². The van der Waals surface area contributed by atoms with Crippen LogP contribution in [0.1, 0.15) is 32.3 Å². The lowest BCUT2D eigenvalue weighted by atomic mass is 10.0. The van der Waals surface area contributed by atoms with E-state index in [1.165, 1.54) is 4.90 Å². The van der Waals surface area contributed by atoms with Crippen LogP contribution in [-0.2, 0) is 9.59 Å². The van der Waals surface area contributed by atoms with Gasteiger partial charge < -0.3 is 9.64 Å². The van der Waals surface area contributed by atoms with Gasteiger partial charge >= 0.3 is 0 Å². The second-order valence-electron chi connectivity index (χ2n) is 6.22. The minimum atomic E-state index is -0.197. The Kier molecular flexibility index (Phi) is 4.11. The molecule has 2 aliphatic rings. The van der Waals surface area contributed by atoms with E-state index in [4.69, 9.17) is 4.74 Å². The van der Waals surface area contributed by atoms with E-state index in [0.717, 1.165) is 37.2 Å². The maximum atomic E-state index is 12.9. The number of rotatable bonds is 4. The highest BCUT2D eigenvalue weighted by atomic mass is 16.5. The summed E-state index contributed by atoms with van der Waals surface area (Å²) in [5, 5.41) is 0. The van der Waals surface area contributed by atoms with Gasteiger partial charge in [-0.05, 0) is 44.4 Å². The number of ether oxygens (including phenoxy) is 1. The van der Waals surface area contributed by atoms with E-state index in [2.05, 4.69) is 4.90 Å². The predicted molar refractivity (Wildman–Crippen MR) is 87.7 cm³/mol. The number of amides is 2. The number of imide groups is 1. The van der Waals surface area contributed by atoms with E-state index < -0.39 is 0 Å². The molecule has 1 fully saturated rings. The molecule has 0 spiro atoms. The molecule has 23 heavy (non-hydrogen) atoms. The second kappa shape index (κ2) is 6.07. The van der Waals surface area contributed by atoms with Crippen LogP contribution in [-0.4, -0.2) is 47.9 Å². The van der Waals surface area contributed by atoms with Crippen molar-refractivity contribution in [1.82, 2.24) is 9.80 Å². The molecule has 1 saturated heterocycles. The minimum Gasteiger partial charge on any atom is -0.497 e. The van der Waals surface area contributed by atoms with Crippen molar-refractivity contribution in [3.63, 3.8) is 0 Å². The van der Waals surface area contributed by atoms with E-state index in [1.807, 2.05) is 38.1 Å². The number of methoxy groups -OCH3 is 1. The fraction of sp³-hybridized carbons (Fsp3) is 0.444. The molecule has 0 N–H and O–H groups in total. The van der Waals surface area contributed by atoms with Crippen LogP contribution >= 0.6 is 0 Å². The van der Waals surface area contributed by atoms with Gasteiger partial charge in [-0.25, -0.2) is 0 Å². The highest BCUT2D eigenvalue weighted by molar-refractivity contribution is 6.35. The zero-order chi connectivity index (χ0) is 16.6. The topological polar surface area (TPSA) is 49.9 Å². The SMILES string of the molecule is COc1ccc(C2=C(N3CCCC3)C(=O)N(C(C)C)C2=O)cc1. The van der Waals surface area contributed by atoms with E-state index in [0.29, 0.717) is 11.3 Å². The van der Waals surface area contributed by atoms with Crippen molar-refractivity contribution in [3.05, 3.63) is 35.5 Å². The third-order valence-corrected chi connectivity index (χ3v) is 4.41. The summed E-state index contributed by atoms with van der Waals surface area (Å²) in [6.07, 6.45) is 2.12. The minimum absolute atomic E-state index is 0.150. The van der Waals surface area contributed by atoms with Crippen molar-refractivity contribution in [2.24, 2.45) is 0 Å². The molecule has 1 aromatic carbocycles. The average molecular weight is 314 g/mol. The predicted octanol–water partition coefficient (Wildman–Crippen LogP) is 2.28. The maximum Gasteiger partial charge on any atom is 0.278 e. The zero-order valence-electron chi connectivity index (χ0n) is 13.8. The number of nitrogens with zero attached hydrogens (tertiary/aromatic N) is 2. The Labute approximate surface area is 136 Å². The lowest BCUT2D eigenvalue weighted by Gasteiger charge is -2.22. The Morgan fingerprint density at radius 3 is 2.13 bits per heavy atom. The third-order valence-electron chi connectivity index (χ3n) is 4.41. The Morgan fingerprint density at radius 2 is 1.61 bits per heavy atom. The number of hydrogen-bond acceptors (Lipinski definition) is 4. The van der Waals surface area contributed by atoms with Gasteiger partial charge in [0.1, 0.15) is 11.4 Å². The molecule has 3 rings (SSSR count). The lowest BCUT2D eigenvalue weighted by molar-refractivity contribution is -0.139. The van der Waals surface area contributed by atoms with Gasteiger partial charge in [0.25, 0.3) is 11.8 Å². The number of benzene rings is 1. The highest BCUT2D eigenvalue weighted by Gasteiger charge is 2.43. The molecule has 122 valence electrons. The zero-order valence-corrected chi connectivity index (χ0v) is 13.8. The van der Waals surface area contributed by atoms with Crippen LogP contribution in [0.25, 0.3) is 5.57 Å². The van der Waals surface area contributed by atoms with Gasteiger partial charge in [0, 0.05) is 19.1 Å². The summed E-state index contributed by atoms with van der Waals surface area (Å²) in [6, 6.07) is 7.18. The van der Waals surface area contributed by atoms with Crippen molar-refractivity contribution in [1.29, 1.82) is 0 Å². The summed E-state index contributed by atoms with van der Waals surface area (Å²) >= 11 is 0. The molecule has 0 unspecified atom stereocenters. The molecular formula is C18H22N2O3. The van der Waals surface area contributed by atoms with Crippen molar-refractivity contribution in [2.75, 3.05) is 20.2 Å². The van der Waals surface area contributed by atoms with Crippen molar-refractivity contribution < 1.29 is 14.3 Å². The van der Waals surface area contributed by atoms with Crippen LogP contribution in [0, 0.1) is 0 Å².